The molecule has 0 spiro atoms. The van der Waals surface area contributed by atoms with E-state index in [2.05, 4.69) is 4.90 Å². The zero-order valence-corrected chi connectivity index (χ0v) is 24.1. The van der Waals surface area contributed by atoms with Crippen molar-refractivity contribution in [2.45, 2.75) is 37.5 Å². The lowest BCUT2D eigenvalue weighted by atomic mass is 10.2. The van der Waals surface area contributed by atoms with Crippen LogP contribution in [0.1, 0.15) is 41.6 Å². The Morgan fingerprint density at radius 1 is 1.03 bits per heavy atom. The number of benzene rings is 2. The van der Waals surface area contributed by atoms with Crippen molar-refractivity contribution in [1.82, 2.24) is 14.2 Å². The van der Waals surface area contributed by atoms with Crippen LogP contribution < -0.4 is 4.90 Å². The average Bonchev–Trinajstić information content (AvgIpc) is 3.37. The molecule has 2 aliphatic heterocycles. The summed E-state index contributed by atoms with van der Waals surface area (Å²) >= 11 is 1.51. The van der Waals surface area contributed by atoms with E-state index in [0.717, 1.165) is 74.3 Å². The number of sulfonamides is 1. The van der Waals surface area contributed by atoms with Crippen molar-refractivity contribution in [2.24, 2.45) is 0 Å². The Morgan fingerprint density at radius 2 is 1.74 bits per heavy atom. The van der Waals surface area contributed by atoms with Gasteiger partial charge in [0.05, 0.1) is 28.3 Å². The third-order valence-corrected chi connectivity index (χ3v) is 10.1. The molecule has 1 aromatic heterocycles. The van der Waals surface area contributed by atoms with E-state index in [1.807, 2.05) is 25.1 Å². The molecule has 0 aliphatic carbocycles. The van der Waals surface area contributed by atoms with Gasteiger partial charge >= 0.3 is 0 Å². The van der Waals surface area contributed by atoms with Gasteiger partial charge in [-0.15, -0.1) is 12.4 Å². The van der Waals surface area contributed by atoms with Gasteiger partial charge in [0, 0.05) is 44.8 Å². The smallest absolute Gasteiger partial charge is 0.260 e. The molecule has 3 aromatic rings. The van der Waals surface area contributed by atoms with Crippen molar-refractivity contribution < 1.29 is 17.9 Å². The minimum absolute atomic E-state index is 0. The third kappa shape index (κ3) is 6.38. The Bertz CT molecular complexity index is 1330. The lowest BCUT2D eigenvalue weighted by Crippen LogP contribution is -2.39. The third-order valence-electron chi connectivity index (χ3n) is 7.10. The molecule has 2 saturated heterocycles. The van der Waals surface area contributed by atoms with Crippen molar-refractivity contribution in [2.75, 3.05) is 57.4 Å². The Balaban J connectivity index is 0.00000336. The SMILES string of the molecule is Cc1cccc2sc(N(CCCN3CCOCC3)C(=O)c3ccc(S(=O)(=O)N4CCCCC4)cc3)nc12.Cl. The maximum Gasteiger partial charge on any atom is 0.260 e. The number of piperidine rings is 1. The summed E-state index contributed by atoms with van der Waals surface area (Å²) in [5.74, 6) is -0.166. The number of hydrogen-bond acceptors (Lipinski definition) is 7. The highest BCUT2D eigenvalue weighted by Gasteiger charge is 2.27. The molecule has 0 unspecified atom stereocenters. The second kappa shape index (κ2) is 12.8. The molecule has 8 nitrogen and oxygen atoms in total. The number of nitrogens with zero attached hydrogens (tertiary/aromatic N) is 4. The largest absolute Gasteiger partial charge is 0.379 e. The fourth-order valence-electron chi connectivity index (χ4n) is 4.93. The van der Waals surface area contributed by atoms with E-state index in [0.29, 0.717) is 30.3 Å². The number of para-hydroxylation sites is 1. The van der Waals surface area contributed by atoms with Crippen molar-refractivity contribution >= 4 is 55.0 Å². The van der Waals surface area contributed by atoms with Gasteiger partial charge in [0.2, 0.25) is 10.0 Å². The molecule has 0 radical (unpaired) electrons. The van der Waals surface area contributed by atoms with Crippen LogP contribution in [-0.2, 0) is 14.8 Å². The number of thiazole rings is 1. The summed E-state index contributed by atoms with van der Waals surface area (Å²) in [6, 6.07) is 12.4. The van der Waals surface area contributed by atoms with Gasteiger partial charge in [0.25, 0.3) is 5.91 Å². The van der Waals surface area contributed by atoms with Gasteiger partial charge in [-0.05, 0) is 62.1 Å². The van der Waals surface area contributed by atoms with E-state index in [9.17, 15) is 13.2 Å². The lowest BCUT2D eigenvalue weighted by molar-refractivity contribution is 0.0376. The number of anilines is 1. The number of aromatic nitrogens is 1. The molecule has 38 heavy (non-hydrogen) atoms. The molecule has 0 saturated carbocycles. The van der Waals surface area contributed by atoms with Crippen molar-refractivity contribution in [3.8, 4) is 0 Å². The van der Waals surface area contributed by atoms with E-state index in [4.69, 9.17) is 9.72 Å². The number of halogens is 1. The standard InChI is InChI=1S/C27H34N4O4S2.ClH/c1-21-7-5-8-24-25(21)28-27(36-24)31(16-6-13-29-17-19-35-20-18-29)26(32)22-9-11-23(12-10-22)37(33,34)30-14-3-2-4-15-30;/h5,7-12H,2-4,6,13-20H2,1H3;1H. The molecule has 206 valence electrons. The summed E-state index contributed by atoms with van der Waals surface area (Å²) < 4.78 is 34.2. The van der Waals surface area contributed by atoms with Crippen molar-refractivity contribution in [1.29, 1.82) is 0 Å². The number of carbonyl (C=O) groups excluding carboxylic acids is 1. The molecule has 11 heteroatoms. The first-order chi connectivity index (χ1) is 17.9. The molecule has 0 bridgehead atoms. The number of carbonyl (C=O) groups is 1. The Hall–Kier alpha value is -2.08. The quantitative estimate of drug-likeness (QED) is 0.389. The molecule has 3 heterocycles. The fraction of sp³-hybridized carbons (Fsp3) is 0.481. The monoisotopic (exact) mass is 578 g/mol. The first-order valence-corrected chi connectivity index (χ1v) is 15.3. The minimum Gasteiger partial charge on any atom is -0.379 e. The number of hydrogen-bond donors (Lipinski definition) is 0. The number of rotatable bonds is 8. The Kier molecular flexibility index (Phi) is 9.78. The number of fused-ring (bicyclic) bond motifs is 1. The van der Waals surface area contributed by atoms with E-state index >= 15 is 0 Å². The molecular formula is C27H35ClN4O4S2. The molecule has 2 fully saturated rings. The van der Waals surface area contributed by atoms with Crippen LogP contribution in [0.4, 0.5) is 5.13 Å². The van der Waals surface area contributed by atoms with Gasteiger partial charge in [-0.2, -0.15) is 4.31 Å². The summed E-state index contributed by atoms with van der Waals surface area (Å²) in [4.78, 5) is 22.9. The lowest BCUT2D eigenvalue weighted by Gasteiger charge is -2.28. The number of ether oxygens (including phenoxy) is 1. The molecule has 5 rings (SSSR count). The van der Waals surface area contributed by atoms with Crippen molar-refractivity contribution in [3.63, 3.8) is 0 Å². The normalized spacial score (nSPS) is 17.3. The molecule has 2 aromatic carbocycles. The summed E-state index contributed by atoms with van der Waals surface area (Å²) in [7, 11) is -3.54. The summed E-state index contributed by atoms with van der Waals surface area (Å²) in [6.07, 6.45) is 3.64. The Labute approximate surface area is 235 Å². The predicted molar refractivity (Wildman–Crippen MR) is 154 cm³/mol. The number of morpholine rings is 1. The van der Waals surface area contributed by atoms with Gasteiger partial charge in [0.1, 0.15) is 0 Å². The van der Waals surface area contributed by atoms with Crippen LogP contribution in [0.2, 0.25) is 0 Å². The van der Waals surface area contributed by atoms with Crippen molar-refractivity contribution in [3.05, 3.63) is 53.6 Å². The fourth-order valence-corrected chi connectivity index (χ4v) is 7.52. The highest BCUT2D eigenvalue weighted by Crippen LogP contribution is 2.32. The maximum absolute atomic E-state index is 13.8. The van der Waals surface area contributed by atoms with Crippen LogP contribution >= 0.6 is 23.7 Å². The highest BCUT2D eigenvalue weighted by atomic mass is 35.5. The minimum atomic E-state index is -3.54. The van der Waals surface area contributed by atoms with Crippen LogP contribution in [0.25, 0.3) is 10.2 Å². The summed E-state index contributed by atoms with van der Waals surface area (Å²) in [5, 5.41) is 0.668. The zero-order chi connectivity index (χ0) is 25.8. The van der Waals surface area contributed by atoms with Gasteiger partial charge < -0.3 is 4.74 Å². The molecule has 0 N–H and O–H groups in total. The van der Waals surface area contributed by atoms with E-state index < -0.39 is 10.0 Å². The van der Waals surface area contributed by atoms with Gasteiger partial charge in [-0.1, -0.05) is 29.9 Å². The van der Waals surface area contributed by atoms with Crippen LogP contribution in [-0.4, -0.2) is 81.0 Å². The van der Waals surface area contributed by atoms with Gasteiger partial charge in [0.15, 0.2) is 5.13 Å². The molecule has 2 aliphatic rings. The van der Waals surface area contributed by atoms with E-state index in [1.165, 1.54) is 11.3 Å². The second-order valence-electron chi connectivity index (χ2n) is 9.67. The maximum atomic E-state index is 13.8. The zero-order valence-electron chi connectivity index (χ0n) is 21.7. The molecular weight excluding hydrogens is 544 g/mol. The summed E-state index contributed by atoms with van der Waals surface area (Å²) in [5.41, 5.74) is 2.45. The molecule has 0 atom stereocenters. The first kappa shape index (κ1) is 28.9. The first-order valence-electron chi connectivity index (χ1n) is 13.0. The summed E-state index contributed by atoms with van der Waals surface area (Å²) in [6.45, 7) is 7.83. The highest BCUT2D eigenvalue weighted by molar-refractivity contribution is 7.89. The predicted octanol–water partition coefficient (Wildman–Crippen LogP) is 4.57. The van der Waals surface area contributed by atoms with E-state index in [1.54, 1.807) is 33.5 Å². The Morgan fingerprint density at radius 3 is 2.42 bits per heavy atom. The van der Waals surface area contributed by atoms with Crippen LogP contribution in [0.3, 0.4) is 0 Å². The second-order valence-corrected chi connectivity index (χ2v) is 12.6. The topological polar surface area (TPSA) is 83.0 Å². The van der Waals surface area contributed by atoms with Gasteiger partial charge in [-0.25, -0.2) is 13.4 Å². The van der Waals surface area contributed by atoms with E-state index in [-0.39, 0.29) is 23.2 Å². The molecule has 1 amide bonds. The van der Waals surface area contributed by atoms with Crippen LogP contribution in [0.15, 0.2) is 47.4 Å². The number of amides is 1. The van der Waals surface area contributed by atoms with Crippen LogP contribution in [0, 0.1) is 6.92 Å². The average molecular weight is 579 g/mol. The number of aryl methyl sites for hydroxylation is 1. The van der Waals surface area contributed by atoms with Gasteiger partial charge in [-0.3, -0.25) is 14.6 Å². The van der Waals surface area contributed by atoms with Crippen LogP contribution in [0.5, 0.6) is 0 Å².